The van der Waals surface area contributed by atoms with Gasteiger partial charge in [0.05, 0.1) is 5.56 Å². The number of ketones is 1. The molecular weight excluding hydrogens is 404 g/mol. The number of carbonyl (C=O) groups is 1. The molecule has 2 heterocycles. The Kier molecular flexibility index (Phi) is 5.51. The maximum atomic E-state index is 14.0. The van der Waals surface area contributed by atoms with Crippen molar-refractivity contribution in [2.45, 2.75) is 31.9 Å². The fraction of sp³-hybridized carbons (Fsp3) is 0.250. The lowest BCUT2D eigenvalue weighted by atomic mass is 9.79. The van der Waals surface area contributed by atoms with Crippen molar-refractivity contribution < 1.29 is 22.4 Å². The minimum Gasteiger partial charge on any atom is -0.304 e. The number of nitrogens with one attached hydrogen (secondary N) is 1. The largest absolute Gasteiger partial charge is 0.419 e. The number of hydrogen-bond acceptors (Lipinski definition) is 5. The molecule has 0 atom stereocenters. The number of benzene rings is 1. The number of halogens is 4. The van der Waals surface area contributed by atoms with Crippen LogP contribution in [0.25, 0.3) is 11.6 Å². The van der Waals surface area contributed by atoms with Crippen LogP contribution in [0.5, 0.6) is 0 Å². The number of aromatic nitrogens is 4. The molecule has 1 aromatic carbocycles. The van der Waals surface area contributed by atoms with E-state index in [1.807, 2.05) is 0 Å². The molecule has 0 saturated heterocycles. The zero-order valence-corrected chi connectivity index (χ0v) is 15.9. The van der Waals surface area contributed by atoms with E-state index in [0.29, 0.717) is 6.07 Å². The summed E-state index contributed by atoms with van der Waals surface area (Å²) in [5.41, 5.74) is -2.93. The topological polar surface area (TPSA) is 88.6 Å². The van der Waals surface area contributed by atoms with Crippen molar-refractivity contribution in [3.63, 3.8) is 0 Å². The molecule has 0 bridgehead atoms. The zero-order valence-electron chi connectivity index (χ0n) is 15.9. The summed E-state index contributed by atoms with van der Waals surface area (Å²) in [5.74, 6) is -1.83. The molecular formula is C20H16F4N4O2. The van der Waals surface area contributed by atoms with Gasteiger partial charge < -0.3 is 4.98 Å². The molecule has 3 rings (SSSR count). The highest BCUT2D eigenvalue weighted by molar-refractivity contribution is 5.95. The standard InChI is InChI=1S/C20H16F4N4O2/c1-19(2,11-4-5-12(13(21)8-11)20(22,23)24)10-15(29)14-9-16(30)28-18(27-14)17-25-6-3-7-26-17/h3-9H,10H2,1-2H3,(H,27,28,30). The molecule has 30 heavy (non-hydrogen) atoms. The fourth-order valence-electron chi connectivity index (χ4n) is 2.89. The molecule has 0 aliphatic rings. The van der Waals surface area contributed by atoms with Gasteiger partial charge in [-0.2, -0.15) is 13.2 Å². The number of nitrogens with zero attached hydrogens (tertiary/aromatic N) is 3. The van der Waals surface area contributed by atoms with Crippen molar-refractivity contribution in [2.24, 2.45) is 0 Å². The van der Waals surface area contributed by atoms with Gasteiger partial charge in [0.15, 0.2) is 17.4 Å². The van der Waals surface area contributed by atoms with Crippen molar-refractivity contribution in [1.82, 2.24) is 19.9 Å². The second-order valence-corrected chi connectivity index (χ2v) is 7.23. The molecule has 1 N–H and O–H groups in total. The Labute approximate surface area is 168 Å². The summed E-state index contributed by atoms with van der Waals surface area (Å²) in [4.78, 5) is 39.1. The van der Waals surface area contributed by atoms with Gasteiger partial charge in [-0.05, 0) is 29.2 Å². The van der Waals surface area contributed by atoms with E-state index in [-0.39, 0.29) is 29.3 Å². The molecule has 0 aliphatic carbocycles. The summed E-state index contributed by atoms with van der Waals surface area (Å²) in [6.45, 7) is 3.17. The van der Waals surface area contributed by atoms with E-state index in [4.69, 9.17) is 0 Å². The lowest BCUT2D eigenvalue weighted by Gasteiger charge is -2.25. The van der Waals surface area contributed by atoms with Crippen LogP contribution in [0, 0.1) is 5.82 Å². The predicted molar refractivity (Wildman–Crippen MR) is 99.3 cm³/mol. The van der Waals surface area contributed by atoms with Gasteiger partial charge in [-0.15, -0.1) is 0 Å². The summed E-state index contributed by atoms with van der Waals surface area (Å²) in [6.07, 6.45) is -2.14. The highest BCUT2D eigenvalue weighted by Crippen LogP contribution is 2.35. The average Bonchev–Trinajstić information content (AvgIpc) is 2.66. The van der Waals surface area contributed by atoms with Crippen LogP contribution in [-0.4, -0.2) is 25.7 Å². The van der Waals surface area contributed by atoms with Crippen LogP contribution >= 0.6 is 0 Å². The molecule has 0 amide bonds. The highest BCUT2D eigenvalue weighted by Gasteiger charge is 2.35. The van der Waals surface area contributed by atoms with Crippen molar-refractivity contribution >= 4 is 5.78 Å². The van der Waals surface area contributed by atoms with Gasteiger partial charge in [0.2, 0.25) is 0 Å². The van der Waals surface area contributed by atoms with Crippen molar-refractivity contribution in [3.05, 3.63) is 75.7 Å². The van der Waals surface area contributed by atoms with E-state index in [1.54, 1.807) is 19.9 Å². The minimum absolute atomic E-state index is 0.00447. The van der Waals surface area contributed by atoms with Gasteiger partial charge in [-0.25, -0.2) is 19.3 Å². The van der Waals surface area contributed by atoms with Crippen LogP contribution in [0.1, 0.15) is 41.9 Å². The second-order valence-electron chi connectivity index (χ2n) is 7.23. The van der Waals surface area contributed by atoms with Crippen LogP contribution in [0.2, 0.25) is 0 Å². The molecule has 0 saturated carbocycles. The number of carbonyl (C=O) groups excluding carboxylic acids is 1. The van der Waals surface area contributed by atoms with Crippen LogP contribution in [-0.2, 0) is 11.6 Å². The van der Waals surface area contributed by atoms with Gasteiger partial charge in [0, 0.05) is 24.9 Å². The number of aromatic amines is 1. The Morgan fingerprint density at radius 1 is 1.10 bits per heavy atom. The molecule has 0 aliphatic heterocycles. The Balaban J connectivity index is 1.89. The summed E-state index contributed by atoms with van der Waals surface area (Å²) in [5, 5.41) is 0. The van der Waals surface area contributed by atoms with Crippen LogP contribution in [0.4, 0.5) is 17.6 Å². The summed E-state index contributed by atoms with van der Waals surface area (Å²) in [7, 11) is 0. The number of hydrogen-bond donors (Lipinski definition) is 1. The molecule has 10 heteroatoms. The molecule has 6 nitrogen and oxygen atoms in total. The van der Waals surface area contributed by atoms with Gasteiger partial charge in [-0.1, -0.05) is 19.9 Å². The van der Waals surface area contributed by atoms with E-state index < -0.39 is 34.3 Å². The quantitative estimate of drug-likeness (QED) is 0.499. The smallest absolute Gasteiger partial charge is 0.304 e. The van der Waals surface area contributed by atoms with Gasteiger partial charge in [0.25, 0.3) is 5.56 Å². The number of H-pyrrole nitrogens is 1. The monoisotopic (exact) mass is 420 g/mol. The van der Waals surface area contributed by atoms with Gasteiger partial charge >= 0.3 is 6.18 Å². The normalized spacial score (nSPS) is 12.1. The van der Waals surface area contributed by atoms with Gasteiger partial charge in [-0.3, -0.25) is 9.59 Å². The maximum absolute atomic E-state index is 14.0. The number of Topliss-reactive ketones (excluding diaryl/α,β-unsaturated/α-hetero) is 1. The van der Waals surface area contributed by atoms with Crippen molar-refractivity contribution in [3.8, 4) is 11.6 Å². The average molecular weight is 420 g/mol. The molecule has 3 aromatic rings. The lowest BCUT2D eigenvalue weighted by molar-refractivity contribution is -0.140. The summed E-state index contributed by atoms with van der Waals surface area (Å²) < 4.78 is 52.3. The predicted octanol–water partition coefficient (Wildman–Crippen LogP) is 3.94. The lowest BCUT2D eigenvalue weighted by Crippen LogP contribution is -2.24. The van der Waals surface area contributed by atoms with Crippen LogP contribution in [0.15, 0.2) is 47.5 Å². The molecule has 2 aromatic heterocycles. The van der Waals surface area contributed by atoms with Gasteiger partial charge in [0.1, 0.15) is 11.5 Å². The first-order valence-corrected chi connectivity index (χ1v) is 8.76. The minimum atomic E-state index is -4.81. The molecule has 156 valence electrons. The first-order chi connectivity index (χ1) is 14.0. The summed E-state index contributed by atoms with van der Waals surface area (Å²) in [6, 6.07) is 5.13. The third-order valence-corrected chi connectivity index (χ3v) is 4.46. The molecule has 0 spiro atoms. The second kappa shape index (κ2) is 7.77. The number of rotatable bonds is 5. The molecule has 0 radical (unpaired) electrons. The Morgan fingerprint density at radius 3 is 2.37 bits per heavy atom. The summed E-state index contributed by atoms with van der Waals surface area (Å²) >= 11 is 0. The molecule has 0 unspecified atom stereocenters. The van der Waals surface area contributed by atoms with Crippen molar-refractivity contribution in [1.29, 1.82) is 0 Å². The third kappa shape index (κ3) is 4.58. The zero-order chi connectivity index (χ0) is 22.1. The van der Waals surface area contributed by atoms with E-state index in [9.17, 15) is 27.2 Å². The first kappa shape index (κ1) is 21.3. The Hall–Kier alpha value is -3.43. The first-order valence-electron chi connectivity index (χ1n) is 8.76. The Morgan fingerprint density at radius 2 is 1.77 bits per heavy atom. The number of alkyl halides is 3. The third-order valence-electron chi connectivity index (χ3n) is 4.46. The van der Waals surface area contributed by atoms with E-state index in [0.717, 1.165) is 18.2 Å². The molecule has 0 fully saturated rings. The van der Waals surface area contributed by atoms with E-state index >= 15 is 0 Å². The van der Waals surface area contributed by atoms with Crippen molar-refractivity contribution in [2.75, 3.05) is 0 Å². The SMILES string of the molecule is CC(C)(CC(=O)c1cc(=O)[nH]c(-c2ncccn2)n1)c1ccc(C(F)(F)F)c(F)c1. The highest BCUT2D eigenvalue weighted by atomic mass is 19.4. The van der Waals surface area contributed by atoms with E-state index in [1.165, 1.54) is 12.4 Å². The van der Waals surface area contributed by atoms with Crippen LogP contribution in [0.3, 0.4) is 0 Å². The van der Waals surface area contributed by atoms with E-state index in [2.05, 4.69) is 19.9 Å². The fourth-order valence-corrected chi connectivity index (χ4v) is 2.89. The maximum Gasteiger partial charge on any atom is 0.419 e. The Bertz CT molecular complexity index is 1140. The van der Waals surface area contributed by atoms with Crippen LogP contribution < -0.4 is 5.56 Å².